The zero-order chi connectivity index (χ0) is 9.07. The number of hydrogen-bond donors (Lipinski definition) is 2. The molecule has 2 N–H and O–H groups in total. The van der Waals surface area contributed by atoms with Gasteiger partial charge in [0.1, 0.15) is 0 Å². The maximum atomic E-state index is 3.77. The molecule has 73 valence electrons. The normalized spacial score (nSPS) is 10.5. The topological polar surface area (TPSA) is 24.1 Å². The summed E-state index contributed by atoms with van der Waals surface area (Å²) in [6.45, 7) is 10.4. The number of unbranched alkanes of at least 4 members (excludes halogenated alkanes) is 2. The summed E-state index contributed by atoms with van der Waals surface area (Å²) in [4.78, 5) is 0. The zero-order valence-corrected chi connectivity index (χ0v) is 8.36. The van der Waals surface area contributed by atoms with Crippen LogP contribution in [0.15, 0.2) is 0 Å². The van der Waals surface area contributed by atoms with Gasteiger partial charge in [-0.1, -0.05) is 20.3 Å². The SMILES string of the molecule is [CH2]CCNCCCCCNCC. The summed E-state index contributed by atoms with van der Waals surface area (Å²) in [5.41, 5.74) is 0. The summed E-state index contributed by atoms with van der Waals surface area (Å²) in [5, 5.41) is 6.66. The fourth-order valence-electron chi connectivity index (χ4n) is 1.10. The monoisotopic (exact) mass is 171 g/mol. The Kier molecular flexibility index (Phi) is 10.8. The molecule has 1 radical (unpaired) electrons. The molecule has 0 heterocycles. The van der Waals surface area contributed by atoms with E-state index in [0.717, 1.165) is 26.1 Å². The third-order valence-corrected chi connectivity index (χ3v) is 1.81. The minimum absolute atomic E-state index is 0.997. The first-order valence-electron chi connectivity index (χ1n) is 5.12. The molecule has 0 aliphatic heterocycles. The third kappa shape index (κ3) is 9.92. The quantitative estimate of drug-likeness (QED) is 0.515. The van der Waals surface area contributed by atoms with Crippen LogP contribution in [0.25, 0.3) is 0 Å². The predicted molar refractivity (Wildman–Crippen MR) is 55.2 cm³/mol. The largest absolute Gasteiger partial charge is 0.317 e. The van der Waals surface area contributed by atoms with E-state index in [0.29, 0.717) is 0 Å². The lowest BCUT2D eigenvalue weighted by atomic mass is 10.2. The molecule has 0 aromatic carbocycles. The van der Waals surface area contributed by atoms with Crippen molar-refractivity contribution in [3.05, 3.63) is 6.92 Å². The average molecular weight is 171 g/mol. The van der Waals surface area contributed by atoms with Gasteiger partial charge in [-0.3, -0.25) is 0 Å². The highest BCUT2D eigenvalue weighted by atomic mass is 14.8. The lowest BCUT2D eigenvalue weighted by molar-refractivity contribution is 0.581. The maximum Gasteiger partial charge on any atom is -0.00489 e. The Morgan fingerprint density at radius 1 is 0.917 bits per heavy atom. The molecule has 0 saturated heterocycles. The van der Waals surface area contributed by atoms with Gasteiger partial charge >= 0.3 is 0 Å². The highest BCUT2D eigenvalue weighted by Crippen LogP contribution is 1.91. The van der Waals surface area contributed by atoms with E-state index in [1.165, 1.54) is 25.8 Å². The van der Waals surface area contributed by atoms with Gasteiger partial charge in [0.15, 0.2) is 0 Å². The highest BCUT2D eigenvalue weighted by molar-refractivity contribution is 4.51. The van der Waals surface area contributed by atoms with Crippen molar-refractivity contribution in [2.75, 3.05) is 26.2 Å². The van der Waals surface area contributed by atoms with Crippen LogP contribution in [0.4, 0.5) is 0 Å². The summed E-state index contributed by atoms with van der Waals surface area (Å²) >= 11 is 0. The van der Waals surface area contributed by atoms with E-state index in [1.54, 1.807) is 0 Å². The van der Waals surface area contributed by atoms with Crippen LogP contribution in [-0.4, -0.2) is 26.2 Å². The van der Waals surface area contributed by atoms with E-state index in [-0.39, 0.29) is 0 Å². The Hall–Kier alpha value is -0.0800. The molecule has 0 atom stereocenters. The Balaban J connectivity index is 2.73. The first-order valence-corrected chi connectivity index (χ1v) is 5.12. The summed E-state index contributed by atoms with van der Waals surface area (Å²) in [5.74, 6) is 0. The smallest absolute Gasteiger partial charge is 0.00489 e. The van der Waals surface area contributed by atoms with Crippen LogP contribution in [0.3, 0.4) is 0 Å². The summed E-state index contributed by atoms with van der Waals surface area (Å²) in [6, 6.07) is 0. The van der Waals surface area contributed by atoms with Crippen LogP contribution in [-0.2, 0) is 0 Å². The van der Waals surface area contributed by atoms with Crippen LogP contribution in [0.2, 0.25) is 0 Å². The molecule has 0 amide bonds. The molecule has 2 heteroatoms. The van der Waals surface area contributed by atoms with Crippen molar-refractivity contribution >= 4 is 0 Å². The van der Waals surface area contributed by atoms with E-state index in [1.807, 2.05) is 0 Å². The lowest BCUT2D eigenvalue weighted by Crippen LogP contribution is -2.17. The van der Waals surface area contributed by atoms with Crippen molar-refractivity contribution in [2.24, 2.45) is 0 Å². The number of hydrogen-bond acceptors (Lipinski definition) is 2. The Labute approximate surface area is 77.1 Å². The van der Waals surface area contributed by atoms with Crippen molar-refractivity contribution in [3.8, 4) is 0 Å². The fourth-order valence-corrected chi connectivity index (χ4v) is 1.10. The van der Waals surface area contributed by atoms with Gasteiger partial charge in [-0.05, 0) is 45.4 Å². The van der Waals surface area contributed by atoms with Crippen LogP contribution in [0.1, 0.15) is 32.6 Å². The van der Waals surface area contributed by atoms with E-state index in [2.05, 4.69) is 24.5 Å². The number of nitrogens with one attached hydrogen (secondary N) is 2. The molecule has 0 unspecified atom stereocenters. The molecule has 0 aromatic heterocycles. The second-order valence-electron chi connectivity index (χ2n) is 3.02. The minimum Gasteiger partial charge on any atom is -0.317 e. The molecule has 0 bridgehead atoms. The van der Waals surface area contributed by atoms with Crippen molar-refractivity contribution in [1.29, 1.82) is 0 Å². The fraction of sp³-hybridized carbons (Fsp3) is 0.900. The molecule has 0 saturated carbocycles. The second kappa shape index (κ2) is 10.9. The molecule has 0 aliphatic rings. The third-order valence-electron chi connectivity index (χ3n) is 1.81. The van der Waals surface area contributed by atoms with Crippen molar-refractivity contribution in [1.82, 2.24) is 10.6 Å². The van der Waals surface area contributed by atoms with E-state index < -0.39 is 0 Å². The zero-order valence-electron chi connectivity index (χ0n) is 8.36. The summed E-state index contributed by atoms with van der Waals surface area (Å²) < 4.78 is 0. The average Bonchev–Trinajstić information content (AvgIpc) is 2.10. The standard InChI is InChI=1S/C10H23N2/c1-3-8-12-10-7-5-6-9-11-4-2/h11-12H,1,3-10H2,2H3. The van der Waals surface area contributed by atoms with E-state index in [4.69, 9.17) is 0 Å². The van der Waals surface area contributed by atoms with Crippen LogP contribution < -0.4 is 10.6 Å². The van der Waals surface area contributed by atoms with Gasteiger partial charge < -0.3 is 10.6 Å². The molecule has 12 heavy (non-hydrogen) atoms. The van der Waals surface area contributed by atoms with Gasteiger partial charge in [0.05, 0.1) is 0 Å². The van der Waals surface area contributed by atoms with Crippen LogP contribution in [0.5, 0.6) is 0 Å². The van der Waals surface area contributed by atoms with Gasteiger partial charge in [0.2, 0.25) is 0 Å². The van der Waals surface area contributed by atoms with Crippen molar-refractivity contribution < 1.29 is 0 Å². The molecular weight excluding hydrogens is 148 g/mol. The molecule has 0 rings (SSSR count). The molecule has 0 fully saturated rings. The maximum absolute atomic E-state index is 3.77. The van der Waals surface area contributed by atoms with E-state index >= 15 is 0 Å². The summed E-state index contributed by atoms with van der Waals surface area (Å²) in [6.07, 6.45) is 4.93. The van der Waals surface area contributed by atoms with Gasteiger partial charge in [0, 0.05) is 0 Å². The lowest BCUT2D eigenvalue weighted by Gasteiger charge is -2.03. The van der Waals surface area contributed by atoms with E-state index in [9.17, 15) is 0 Å². The molecule has 0 aliphatic carbocycles. The van der Waals surface area contributed by atoms with Crippen molar-refractivity contribution in [2.45, 2.75) is 32.6 Å². The Morgan fingerprint density at radius 3 is 2.17 bits per heavy atom. The molecular formula is C10H23N2. The first-order chi connectivity index (χ1) is 5.91. The highest BCUT2D eigenvalue weighted by Gasteiger charge is 1.88. The molecule has 0 aromatic rings. The van der Waals surface area contributed by atoms with Gasteiger partial charge in [-0.25, -0.2) is 0 Å². The second-order valence-corrected chi connectivity index (χ2v) is 3.02. The van der Waals surface area contributed by atoms with Gasteiger partial charge in [-0.15, -0.1) is 0 Å². The van der Waals surface area contributed by atoms with Crippen LogP contribution >= 0.6 is 0 Å². The summed E-state index contributed by atoms with van der Waals surface area (Å²) in [7, 11) is 0. The molecule has 0 spiro atoms. The number of rotatable bonds is 9. The van der Waals surface area contributed by atoms with Gasteiger partial charge in [-0.2, -0.15) is 0 Å². The Bertz CT molecular complexity index is 64.2. The minimum atomic E-state index is 0.997. The predicted octanol–water partition coefficient (Wildman–Crippen LogP) is 1.58. The van der Waals surface area contributed by atoms with Gasteiger partial charge in [0.25, 0.3) is 0 Å². The molecule has 2 nitrogen and oxygen atoms in total. The Morgan fingerprint density at radius 2 is 1.58 bits per heavy atom. The first kappa shape index (κ1) is 11.9. The van der Waals surface area contributed by atoms with Crippen molar-refractivity contribution in [3.63, 3.8) is 0 Å². The van der Waals surface area contributed by atoms with Crippen LogP contribution in [0, 0.1) is 6.92 Å².